The first kappa shape index (κ1) is 8.64. The zero-order valence-electron chi connectivity index (χ0n) is 6.24. The lowest BCUT2D eigenvalue weighted by Gasteiger charge is -1.95. The molecule has 0 spiro atoms. The Morgan fingerprint density at radius 2 is 2.00 bits per heavy atom. The Hall–Kier alpha value is -1.45. The summed E-state index contributed by atoms with van der Waals surface area (Å²) in [5, 5.41) is 9.94. The van der Waals surface area contributed by atoms with Crippen LogP contribution in [0.4, 0.5) is 4.39 Å². The third kappa shape index (κ3) is 2.65. The molecule has 63 valence electrons. The minimum Gasteiger partial charge on any atom is -0.265 e. The van der Waals surface area contributed by atoms with Crippen molar-refractivity contribution >= 4 is 0 Å². The Balaban J connectivity index is 2.53. The van der Waals surface area contributed by atoms with Crippen LogP contribution in [-0.2, 0) is 0 Å². The second-order valence-electron chi connectivity index (χ2n) is 2.27. The predicted octanol–water partition coefficient (Wildman–Crippen LogP) is 1.65. The highest BCUT2D eigenvalue weighted by molar-refractivity contribution is 5.23. The van der Waals surface area contributed by atoms with E-state index in [1.165, 1.54) is 30.7 Å². The van der Waals surface area contributed by atoms with Crippen LogP contribution in [0.1, 0.15) is 5.56 Å². The molecule has 0 heterocycles. The minimum atomic E-state index is -0.441. The SMILES string of the molecule is O=[N+]([O-])C[CH]c1ccc(F)cc1. The van der Waals surface area contributed by atoms with Crippen molar-refractivity contribution in [2.45, 2.75) is 0 Å². The van der Waals surface area contributed by atoms with Gasteiger partial charge in [0.1, 0.15) is 5.82 Å². The van der Waals surface area contributed by atoms with Crippen LogP contribution in [0.15, 0.2) is 24.3 Å². The number of nitrogens with zero attached hydrogens (tertiary/aromatic N) is 1. The van der Waals surface area contributed by atoms with E-state index < -0.39 is 4.92 Å². The van der Waals surface area contributed by atoms with E-state index in [0.29, 0.717) is 5.56 Å². The van der Waals surface area contributed by atoms with E-state index in [1.54, 1.807) is 0 Å². The fourth-order valence-corrected chi connectivity index (χ4v) is 0.779. The lowest BCUT2D eigenvalue weighted by Crippen LogP contribution is -2.01. The van der Waals surface area contributed by atoms with Crippen molar-refractivity contribution in [2.75, 3.05) is 6.54 Å². The maximum Gasteiger partial charge on any atom is 0.211 e. The van der Waals surface area contributed by atoms with Crippen molar-refractivity contribution < 1.29 is 9.31 Å². The maximum atomic E-state index is 12.3. The van der Waals surface area contributed by atoms with Crippen molar-refractivity contribution in [1.29, 1.82) is 0 Å². The Morgan fingerprint density at radius 3 is 2.50 bits per heavy atom. The van der Waals surface area contributed by atoms with Crippen LogP contribution < -0.4 is 0 Å². The Kier molecular flexibility index (Phi) is 2.74. The van der Waals surface area contributed by atoms with E-state index >= 15 is 0 Å². The summed E-state index contributed by atoms with van der Waals surface area (Å²) in [6.07, 6.45) is 1.43. The van der Waals surface area contributed by atoms with Gasteiger partial charge in [0, 0.05) is 4.92 Å². The molecule has 0 aromatic heterocycles. The van der Waals surface area contributed by atoms with Gasteiger partial charge < -0.3 is 0 Å². The molecule has 3 nitrogen and oxygen atoms in total. The van der Waals surface area contributed by atoms with Crippen molar-refractivity contribution in [3.8, 4) is 0 Å². The van der Waals surface area contributed by atoms with Crippen LogP contribution in [0.5, 0.6) is 0 Å². The molecule has 12 heavy (non-hydrogen) atoms. The molecule has 0 aliphatic heterocycles. The molecular weight excluding hydrogens is 161 g/mol. The third-order valence-electron chi connectivity index (χ3n) is 1.35. The topological polar surface area (TPSA) is 43.1 Å². The van der Waals surface area contributed by atoms with Crippen molar-refractivity contribution in [3.63, 3.8) is 0 Å². The van der Waals surface area contributed by atoms with Crippen LogP contribution >= 0.6 is 0 Å². The number of hydrogen-bond acceptors (Lipinski definition) is 2. The largest absolute Gasteiger partial charge is 0.265 e. The summed E-state index contributed by atoms with van der Waals surface area (Å²) < 4.78 is 12.3. The Labute approximate surface area is 69.0 Å². The number of rotatable bonds is 3. The van der Waals surface area contributed by atoms with Crippen LogP contribution in [0, 0.1) is 22.4 Å². The second-order valence-corrected chi connectivity index (χ2v) is 2.27. The second kappa shape index (κ2) is 3.80. The molecule has 1 aromatic rings. The monoisotopic (exact) mass is 168 g/mol. The van der Waals surface area contributed by atoms with Crippen molar-refractivity contribution in [3.05, 3.63) is 52.2 Å². The normalized spacial score (nSPS) is 9.75. The van der Waals surface area contributed by atoms with Gasteiger partial charge in [0.2, 0.25) is 6.54 Å². The lowest BCUT2D eigenvalue weighted by atomic mass is 10.1. The van der Waals surface area contributed by atoms with E-state index in [9.17, 15) is 14.5 Å². The molecule has 0 aliphatic rings. The van der Waals surface area contributed by atoms with Gasteiger partial charge in [0.15, 0.2) is 0 Å². The molecule has 0 aliphatic carbocycles. The highest BCUT2D eigenvalue weighted by Crippen LogP contribution is 2.04. The summed E-state index contributed by atoms with van der Waals surface area (Å²) in [5.74, 6) is -0.340. The minimum absolute atomic E-state index is 0.231. The zero-order chi connectivity index (χ0) is 8.97. The van der Waals surface area contributed by atoms with E-state index in [0.717, 1.165) is 0 Å². The highest BCUT2D eigenvalue weighted by Gasteiger charge is 1.99. The first-order chi connectivity index (χ1) is 5.68. The summed E-state index contributed by atoms with van der Waals surface area (Å²) >= 11 is 0. The van der Waals surface area contributed by atoms with Gasteiger partial charge >= 0.3 is 0 Å². The van der Waals surface area contributed by atoms with Crippen molar-refractivity contribution in [2.24, 2.45) is 0 Å². The fraction of sp³-hybridized carbons (Fsp3) is 0.125. The first-order valence-corrected chi connectivity index (χ1v) is 3.39. The zero-order valence-corrected chi connectivity index (χ0v) is 6.24. The van der Waals surface area contributed by atoms with Gasteiger partial charge in [-0.15, -0.1) is 0 Å². The molecule has 0 amide bonds. The lowest BCUT2D eigenvalue weighted by molar-refractivity contribution is -0.471. The Morgan fingerprint density at radius 1 is 1.42 bits per heavy atom. The molecule has 0 fully saturated rings. The van der Waals surface area contributed by atoms with E-state index in [2.05, 4.69) is 0 Å². The summed E-state index contributed by atoms with van der Waals surface area (Å²) in [6.45, 7) is -0.231. The first-order valence-electron chi connectivity index (χ1n) is 3.39. The third-order valence-corrected chi connectivity index (χ3v) is 1.35. The molecule has 4 heteroatoms. The fourth-order valence-electron chi connectivity index (χ4n) is 0.779. The number of hydrogen-bond donors (Lipinski definition) is 0. The number of nitro groups is 1. The summed E-state index contributed by atoms with van der Waals surface area (Å²) in [6, 6.07) is 5.54. The van der Waals surface area contributed by atoms with Crippen LogP contribution in [0.2, 0.25) is 0 Å². The van der Waals surface area contributed by atoms with Gasteiger partial charge in [-0.3, -0.25) is 10.1 Å². The summed E-state index contributed by atoms with van der Waals surface area (Å²) in [4.78, 5) is 9.50. The molecule has 0 saturated carbocycles. The molecular formula is C8H7FNO2. The van der Waals surface area contributed by atoms with Crippen molar-refractivity contribution in [1.82, 2.24) is 0 Å². The Bertz CT molecular complexity index is 271. The van der Waals surface area contributed by atoms with Gasteiger partial charge in [-0.1, -0.05) is 12.1 Å². The highest BCUT2D eigenvalue weighted by atomic mass is 19.1. The van der Waals surface area contributed by atoms with Crippen LogP contribution in [0.3, 0.4) is 0 Å². The average Bonchev–Trinajstić information content (AvgIpc) is 2.03. The van der Waals surface area contributed by atoms with E-state index in [1.807, 2.05) is 0 Å². The molecule has 1 aromatic carbocycles. The quantitative estimate of drug-likeness (QED) is 0.508. The molecule has 1 rings (SSSR count). The van der Waals surface area contributed by atoms with Gasteiger partial charge in [-0.25, -0.2) is 4.39 Å². The molecule has 0 N–H and O–H groups in total. The van der Waals surface area contributed by atoms with Gasteiger partial charge in [0.25, 0.3) is 0 Å². The standard InChI is InChI=1S/C8H7FNO2/c9-8-3-1-7(2-4-8)5-6-10(11)12/h1-5H,6H2. The van der Waals surface area contributed by atoms with E-state index in [4.69, 9.17) is 0 Å². The molecule has 1 radical (unpaired) electrons. The molecule has 0 atom stereocenters. The van der Waals surface area contributed by atoms with Gasteiger partial charge in [-0.2, -0.15) is 0 Å². The van der Waals surface area contributed by atoms with E-state index in [-0.39, 0.29) is 12.4 Å². The molecule has 0 bridgehead atoms. The molecule has 0 unspecified atom stereocenters. The average molecular weight is 168 g/mol. The van der Waals surface area contributed by atoms with Crippen LogP contribution in [-0.4, -0.2) is 11.5 Å². The summed E-state index contributed by atoms with van der Waals surface area (Å²) in [5.41, 5.74) is 0.660. The van der Waals surface area contributed by atoms with Gasteiger partial charge in [0.05, 0.1) is 6.42 Å². The predicted molar refractivity (Wildman–Crippen MR) is 41.7 cm³/mol. The van der Waals surface area contributed by atoms with Crippen LogP contribution in [0.25, 0.3) is 0 Å². The number of benzene rings is 1. The summed E-state index contributed by atoms with van der Waals surface area (Å²) in [7, 11) is 0. The maximum absolute atomic E-state index is 12.3. The smallest absolute Gasteiger partial charge is 0.211 e. The molecule has 0 saturated heterocycles. The number of halogens is 1. The van der Waals surface area contributed by atoms with Gasteiger partial charge in [-0.05, 0) is 17.7 Å².